The molecule has 6 heteroatoms. The van der Waals surface area contributed by atoms with Crippen LogP contribution in [-0.2, 0) is 4.79 Å². The summed E-state index contributed by atoms with van der Waals surface area (Å²) in [6.07, 6.45) is 3.31. The highest BCUT2D eigenvalue weighted by Gasteiger charge is 2.25. The zero-order valence-corrected chi connectivity index (χ0v) is 14.6. The summed E-state index contributed by atoms with van der Waals surface area (Å²) in [6, 6.07) is 8.12. The fourth-order valence-electron chi connectivity index (χ4n) is 2.60. The quantitative estimate of drug-likeness (QED) is 0.806. The minimum Gasteiger partial charge on any atom is -0.494 e. The van der Waals surface area contributed by atoms with Crippen molar-refractivity contribution >= 4 is 30.1 Å². The van der Waals surface area contributed by atoms with Gasteiger partial charge in [-0.15, -0.1) is 24.2 Å². The Morgan fingerprint density at radius 3 is 2.73 bits per heavy atom. The van der Waals surface area contributed by atoms with E-state index in [4.69, 9.17) is 10.5 Å². The molecule has 1 amide bonds. The van der Waals surface area contributed by atoms with Crippen LogP contribution in [0, 0.1) is 0 Å². The van der Waals surface area contributed by atoms with Crippen LogP contribution in [0.4, 0.5) is 0 Å². The molecule has 0 aromatic heterocycles. The Hall–Kier alpha value is -0.910. The van der Waals surface area contributed by atoms with E-state index < -0.39 is 0 Å². The van der Waals surface area contributed by atoms with Gasteiger partial charge in [-0.2, -0.15) is 0 Å². The summed E-state index contributed by atoms with van der Waals surface area (Å²) in [5.41, 5.74) is 5.77. The van der Waals surface area contributed by atoms with Gasteiger partial charge in [0.05, 0.1) is 12.4 Å². The molecule has 124 valence electrons. The predicted molar refractivity (Wildman–Crippen MR) is 94.0 cm³/mol. The first-order valence-corrected chi connectivity index (χ1v) is 8.58. The molecule has 0 radical (unpaired) electrons. The topological polar surface area (TPSA) is 55.6 Å². The molecular formula is C16H25ClN2O2S. The molecule has 1 aliphatic rings. The van der Waals surface area contributed by atoms with Crippen LogP contribution in [0.5, 0.6) is 5.75 Å². The first-order chi connectivity index (χ1) is 10.2. The summed E-state index contributed by atoms with van der Waals surface area (Å²) in [6.45, 7) is 4.05. The molecule has 4 nitrogen and oxygen atoms in total. The molecule has 0 saturated carbocycles. The van der Waals surface area contributed by atoms with Crippen molar-refractivity contribution in [2.24, 2.45) is 5.73 Å². The van der Waals surface area contributed by atoms with E-state index in [1.165, 1.54) is 6.42 Å². The fourth-order valence-corrected chi connectivity index (χ4v) is 3.39. The number of hydrogen-bond acceptors (Lipinski definition) is 4. The van der Waals surface area contributed by atoms with E-state index in [0.29, 0.717) is 18.9 Å². The van der Waals surface area contributed by atoms with Gasteiger partial charge in [0.25, 0.3) is 0 Å². The third-order valence-corrected chi connectivity index (χ3v) is 4.71. The monoisotopic (exact) mass is 344 g/mol. The molecule has 0 aliphatic carbocycles. The predicted octanol–water partition coefficient (Wildman–Crippen LogP) is 2.94. The minimum atomic E-state index is 0. The molecule has 1 aromatic carbocycles. The van der Waals surface area contributed by atoms with Crippen molar-refractivity contribution in [2.45, 2.75) is 37.1 Å². The Morgan fingerprint density at radius 2 is 2.09 bits per heavy atom. The molecule has 2 rings (SSSR count). The van der Waals surface area contributed by atoms with E-state index in [1.54, 1.807) is 11.8 Å². The average molecular weight is 345 g/mol. The Morgan fingerprint density at radius 1 is 1.36 bits per heavy atom. The lowest BCUT2D eigenvalue weighted by molar-refractivity contribution is -0.131. The van der Waals surface area contributed by atoms with Crippen molar-refractivity contribution < 1.29 is 9.53 Å². The lowest BCUT2D eigenvalue weighted by Crippen LogP contribution is -2.48. The second-order valence-corrected chi connectivity index (χ2v) is 6.21. The molecular weight excluding hydrogens is 320 g/mol. The van der Waals surface area contributed by atoms with E-state index in [2.05, 4.69) is 0 Å². The number of hydrogen-bond donors (Lipinski definition) is 1. The second kappa shape index (κ2) is 9.98. The van der Waals surface area contributed by atoms with Gasteiger partial charge in [-0.3, -0.25) is 4.79 Å². The first-order valence-electron chi connectivity index (χ1n) is 7.59. The average Bonchev–Trinajstić information content (AvgIpc) is 2.54. The van der Waals surface area contributed by atoms with Crippen LogP contribution in [0.15, 0.2) is 29.2 Å². The lowest BCUT2D eigenvalue weighted by Gasteiger charge is -2.35. The summed E-state index contributed by atoms with van der Waals surface area (Å²) < 4.78 is 5.41. The van der Waals surface area contributed by atoms with Crippen LogP contribution in [-0.4, -0.2) is 42.3 Å². The van der Waals surface area contributed by atoms with Gasteiger partial charge in [0.2, 0.25) is 5.91 Å². The number of likely N-dealkylation sites (tertiary alicyclic amines) is 1. The van der Waals surface area contributed by atoms with Crippen LogP contribution in [0.3, 0.4) is 0 Å². The highest BCUT2D eigenvalue weighted by atomic mass is 35.5. The van der Waals surface area contributed by atoms with Crippen LogP contribution < -0.4 is 10.5 Å². The molecule has 0 bridgehead atoms. The molecule has 2 N–H and O–H groups in total. The van der Waals surface area contributed by atoms with Crippen molar-refractivity contribution in [3.8, 4) is 5.75 Å². The van der Waals surface area contributed by atoms with Gasteiger partial charge in [-0.05, 0) is 50.5 Å². The Balaban J connectivity index is 0.00000242. The van der Waals surface area contributed by atoms with E-state index in [-0.39, 0.29) is 24.4 Å². The Bertz CT molecular complexity index is 456. The number of piperidine rings is 1. The van der Waals surface area contributed by atoms with Gasteiger partial charge in [-0.25, -0.2) is 0 Å². The SMILES string of the molecule is CCOc1ccc(SCC(=O)N2CCCCC2CN)cc1.Cl. The number of carbonyl (C=O) groups is 1. The third kappa shape index (κ3) is 5.38. The molecule has 1 unspecified atom stereocenters. The first kappa shape index (κ1) is 19.1. The molecule has 0 spiro atoms. The number of ether oxygens (including phenoxy) is 1. The van der Waals surface area contributed by atoms with E-state index in [1.807, 2.05) is 36.1 Å². The molecule has 1 aromatic rings. The Labute approximate surface area is 143 Å². The lowest BCUT2D eigenvalue weighted by atomic mass is 10.0. The highest BCUT2D eigenvalue weighted by molar-refractivity contribution is 8.00. The maximum Gasteiger partial charge on any atom is 0.233 e. The van der Waals surface area contributed by atoms with Crippen LogP contribution in [0.25, 0.3) is 0 Å². The zero-order valence-electron chi connectivity index (χ0n) is 13.0. The molecule has 1 aliphatic heterocycles. The highest BCUT2D eigenvalue weighted by Crippen LogP contribution is 2.23. The largest absolute Gasteiger partial charge is 0.494 e. The molecule has 1 fully saturated rings. The Kier molecular flexibility index (Phi) is 8.68. The minimum absolute atomic E-state index is 0. The number of rotatable bonds is 6. The van der Waals surface area contributed by atoms with Gasteiger partial charge >= 0.3 is 0 Å². The van der Waals surface area contributed by atoms with Crippen molar-refractivity contribution in [3.05, 3.63) is 24.3 Å². The summed E-state index contributed by atoms with van der Waals surface area (Å²) in [5, 5.41) is 0. The molecule has 1 saturated heterocycles. The smallest absolute Gasteiger partial charge is 0.233 e. The second-order valence-electron chi connectivity index (χ2n) is 5.17. The number of thioether (sulfide) groups is 1. The van der Waals surface area contributed by atoms with Crippen LogP contribution in [0.2, 0.25) is 0 Å². The number of carbonyl (C=O) groups excluding carboxylic acids is 1. The number of nitrogens with two attached hydrogens (primary N) is 1. The van der Waals surface area contributed by atoms with Crippen molar-refractivity contribution in [1.29, 1.82) is 0 Å². The van der Waals surface area contributed by atoms with Crippen molar-refractivity contribution in [3.63, 3.8) is 0 Å². The van der Waals surface area contributed by atoms with Gasteiger partial charge in [0.1, 0.15) is 5.75 Å². The third-order valence-electron chi connectivity index (χ3n) is 3.72. The standard InChI is InChI=1S/C16H24N2O2S.ClH/c1-2-20-14-6-8-15(9-7-14)21-12-16(19)18-10-4-3-5-13(18)11-17;/h6-9,13H,2-5,10-12,17H2,1H3;1H. The molecule has 1 atom stereocenters. The van der Waals surface area contributed by atoms with Crippen molar-refractivity contribution in [1.82, 2.24) is 4.90 Å². The van der Waals surface area contributed by atoms with E-state index in [9.17, 15) is 4.79 Å². The summed E-state index contributed by atoms with van der Waals surface area (Å²) in [5.74, 6) is 1.54. The van der Waals surface area contributed by atoms with Gasteiger partial charge in [-0.1, -0.05) is 0 Å². The van der Waals surface area contributed by atoms with Crippen LogP contribution in [0.1, 0.15) is 26.2 Å². The normalized spacial score (nSPS) is 17.7. The number of benzene rings is 1. The number of nitrogens with zero attached hydrogens (tertiary/aromatic N) is 1. The van der Waals surface area contributed by atoms with Crippen molar-refractivity contribution in [2.75, 3.05) is 25.4 Å². The van der Waals surface area contributed by atoms with E-state index in [0.717, 1.165) is 30.0 Å². The summed E-state index contributed by atoms with van der Waals surface area (Å²) in [4.78, 5) is 15.4. The van der Waals surface area contributed by atoms with Gasteiger partial charge in [0, 0.05) is 24.0 Å². The zero-order chi connectivity index (χ0) is 15.1. The maximum atomic E-state index is 12.3. The molecule has 22 heavy (non-hydrogen) atoms. The van der Waals surface area contributed by atoms with E-state index >= 15 is 0 Å². The van der Waals surface area contributed by atoms with Crippen LogP contribution >= 0.6 is 24.2 Å². The summed E-state index contributed by atoms with van der Waals surface area (Å²) >= 11 is 1.57. The maximum absolute atomic E-state index is 12.3. The fraction of sp³-hybridized carbons (Fsp3) is 0.562. The number of halogens is 1. The van der Waals surface area contributed by atoms with Gasteiger partial charge < -0.3 is 15.4 Å². The van der Waals surface area contributed by atoms with Gasteiger partial charge in [0.15, 0.2) is 0 Å². The summed E-state index contributed by atoms with van der Waals surface area (Å²) in [7, 11) is 0. The molecule has 1 heterocycles. The number of amides is 1.